The van der Waals surface area contributed by atoms with E-state index >= 15 is 0 Å². The lowest BCUT2D eigenvalue weighted by molar-refractivity contribution is -0.135. The molecule has 1 aromatic rings. The molecule has 4 heteroatoms. The van der Waals surface area contributed by atoms with Crippen molar-refractivity contribution in [1.82, 2.24) is 10.2 Å². The topological polar surface area (TPSA) is 32.3 Å². The SMILES string of the molecule is CC1c2ccsc2CCN1C(=O)CC1CC2CCC(C1)N2. The second-order valence-corrected chi connectivity index (χ2v) is 7.99. The number of thiophene rings is 1. The van der Waals surface area contributed by atoms with Gasteiger partial charge in [0.1, 0.15) is 0 Å². The van der Waals surface area contributed by atoms with Gasteiger partial charge in [0.2, 0.25) is 5.91 Å². The predicted octanol–water partition coefficient (Wildman–Crippen LogP) is 3.11. The van der Waals surface area contributed by atoms with Crippen LogP contribution in [0.25, 0.3) is 0 Å². The minimum absolute atomic E-state index is 0.269. The summed E-state index contributed by atoms with van der Waals surface area (Å²) in [5, 5.41) is 5.83. The third-order valence-corrected chi connectivity index (χ3v) is 6.63. The molecule has 2 bridgehead atoms. The first-order valence-electron chi connectivity index (χ1n) is 8.32. The molecule has 0 saturated carbocycles. The van der Waals surface area contributed by atoms with Crippen molar-refractivity contribution in [3.63, 3.8) is 0 Å². The molecule has 3 unspecified atom stereocenters. The first-order valence-corrected chi connectivity index (χ1v) is 9.20. The summed E-state index contributed by atoms with van der Waals surface area (Å²) >= 11 is 1.84. The summed E-state index contributed by atoms with van der Waals surface area (Å²) in [4.78, 5) is 16.4. The summed E-state index contributed by atoms with van der Waals surface area (Å²) in [7, 11) is 0. The highest BCUT2D eigenvalue weighted by atomic mass is 32.1. The van der Waals surface area contributed by atoms with Gasteiger partial charge in [0.25, 0.3) is 0 Å². The Balaban J connectivity index is 1.41. The van der Waals surface area contributed by atoms with Crippen molar-refractivity contribution >= 4 is 17.2 Å². The molecule has 4 heterocycles. The van der Waals surface area contributed by atoms with Crippen molar-refractivity contribution in [2.75, 3.05) is 6.54 Å². The van der Waals surface area contributed by atoms with Gasteiger partial charge in [-0.1, -0.05) is 0 Å². The van der Waals surface area contributed by atoms with Gasteiger partial charge in [-0.15, -0.1) is 11.3 Å². The van der Waals surface area contributed by atoms with Crippen molar-refractivity contribution in [1.29, 1.82) is 0 Å². The quantitative estimate of drug-likeness (QED) is 0.910. The van der Waals surface area contributed by atoms with Gasteiger partial charge in [0.15, 0.2) is 0 Å². The second kappa shape index (κ2) is 5.40. The van der Waals surface area contributed by atoms with Crippen LogP contribution in [0.2, 0.25) is 0 Å². The van der Waals surface area contributed by atoms with E-state index in [1.807, 2.05) is 11.3 Å². The Morgan fingerprint density at radius 3 is 2.90 bits per heavy atom. The smallest absolute Gasteiger partial charge is 0.223 e. The Morgan fingerprint density at radius 1 is 1.38 bits per heavy atom. The molecule has 3 aliphatic rings. The zero-order valence-electron chi connectivity index (χ0n) is 12.7. The van der Waals surface area contributed by atoms with Crippen LogP contribution in [0.15, 0.2) is 11.4 Å². The number of nitrogens with one attached hydrogen (secondary N) is 1. The first-order chi connectivity index (χ1) is 10.2. The number of fused-ring (bicyclic) bond motifs is 3. The average molecular weight is 304 g/mol. The van der Waals surface area contributed by atoms with E-state index in [-0.39, 0.29) is 6.04 Å². The molecule has 2 saturated heterocycles. The van der Waals surface area contributed by atoms with Crippen molar-refractivity contribution in [3.05, 3.63) is 21.9 Å². The Labute approximate surface area is 130 Å². The Kier molecular flexibility index (Phi) is 3.54. The number of carbonyl (C=O) groups excluding carboxylic acids is 1. The lowest BCUT2D eigenvalue weighted by atomic mass is 9.88. The van der Waals surface area contributed by atoms with E-state index in [4.69, 9.17) is 0 Å². The Morgan fingerprint density at radius 2 is 2.14 bits per heavy atom. The predicted molar refractivity (Wildman–Crippen MR) is 85.4 cm³/mol. The molecule has 0 aromatic carbocycles. The lowest BCUT2D eigenvalue weighted by Crippen LogP contribution is -2.42. The van der Waals surface area contributed by atoms with Crippen molar-refractivity contribution < 1.29 is 4.79 Å². The van der Waals surface area contributed by atoms with Crippen molar-refractivity contribution in [2.24, 2.45) is 5.92 Å². The molecule has 0 spiro atoms. The molecular formula is C17H24N2OS. The second-order valence-electron chi connectivity index (χ2n) is 6.99. The lowest BCUT2D eigenvalue weighted by Gasteiger charge is -2.36. The molecule has 3 nitrogen and oxygen atoms in total. The van der Waals surface area contributed by atoms with Crippen LogP contribution in [0.4, 0.5) is 0 Å². The third-order valence-electron chi connectivity index (χ3n) is 5.63. The molecule has 1 aromatic heterocycles. The van der Waals surface area contributed by atoms with Crippen LogP contribution >= 0.6 is 11.3 Å². The van der Waals surface area contributed by atoms with E-state index in [1.165, 1.54) is 36.1 Å². The van der Waals surface area contributed by atoms with Crippen LogP contribution in [0.1, 0.15) is 55.5 Å². The van der Waals surface area contributed by atoms with Gasteiger partial charge in [-0.2, -0.15) is 0 Å². The summed E-state index contributed by atoms with van der Waals surface area (Å²) in [5.41, 5.74) is 1.38. The maximum Gasteiger partial charge on any atom is 0.223 e. The Hall–Kier alpha value is -0.870. The van der Waals surface area contributed by atoms with Crippen LogP contribution in [-0.4, -0.2) is 29.4 Å². The summed E-state index contributed by atoms with van der Waals surface area (Å²) in [6, 6.07) is 3.84. The number of hydrogen-bond acceptors (Lipinski definition) is 3. The molecule has 114 valence electrons. The van der Waals surface area contributed by atoms with E-state index in [0.717, 1.165) is 19.4 Å². The number of rotatable bonds is 2. The number of nitrogens with zero attached hydrogens (tertiary/aromatic N) is 1. The average Bonchev–Trinajstić information content (AvgIpc) is 3.06. The molecule has 2 fully saturated rings. The number of amides is 1. The zero-order chi connectivity index (χ0) is 14.4. The molecule has 1 N–H and O–H groups in total. The largest absolute Gasteiger partial charge is 0.336 e. The Bertz CT molecular complexity index is 529. The minimum atomic E-state index is 0.269. The fraction of sp³-hybridized carbons (Fsp3) is 0.706. The first kappa shape index (κ1) is 13.8. The van der Waals surface area contributed by atoms with E-state index in [2.05, 4.69) is 28.6 Å². The molecule has 0 aliphatic carbocycles. The van der Waals surface area contributed by atoms with Gasteiger partial charge < -0.3 is 10.2 Å². The maximum atomic E-state index is 12.8. The molecule has 1 amide bonds. The van der Waals surface area contributed by atoms with Crippen LogP contribution in [0, 0.1) is 5.92 Å². The summed E-state index contributed by atoms with van der Waals surface area (Å²) < 4.78 is 0. The van der Waals surface area contributed by atoms with Gasteiger partial charge in [0.05, 0.1) is 6.04 Å². The fourth-order valence-electron chi connectivity index (χ4n) is 4.56. The van der Waals surface area contributed by atoms with Crippen LogP contribution in [0.3, 0.4) is 0 Å². The molecule has 21 heavy (non-hydrogen) atoms. The van der Waals surface area contributed by atoms with Crippen LogP contribution < -0.4 is 5.32 Å². The van der Waals surface area contributed by atoms with Crippen LogP contribution in [0.5, 0.6) is 0 Å². The zero-order valence-corrected chi connectivity index (χ0v) is 13.5. The highest BCUT2D eigenvalue weighted by Gasteiger charge is 2.36. The van der Waals surface area contributed by atoms with Gasteiger partial charge in [-0.3, -0.25) is 4.79 Å². The van der Waals surface area contributed by atoms with E-state index in [9.17, 15) is 4.79 Å². The third kappa shape index (κ3) is 2.53. The number of carbonyl (C=O) groups is 1. The maximum absolute atomic E-state index is 12.8. The van der Waals surface area contributed by atoms with E-state index in [0.29, 0.717) is 23.9 Å². The van der Waals surface area contributed by atoms with Crippen molar-refractivity contribution in [2.45, 2.75) is 63.6 Å². The fourth-order valence-corrected chi connectivity index (χ4v) is 5.52. The number of piperidine rings is 1. The normalized spacial score (nSPS) is 34.8. The summed E-state index contributed by atoms with van der Waals surface area (Å²) in [6.07, 6.45) is 6.84. The summed E-state index contributed by atoms with van der Waals surface area (Å²) in [6.45, 7) is 3.10. The van der Waals surface area contributed by atoms with Gasteiger partial charge in [-0.25, -0.2) is 0 Å². The standard InChI is InChI=1S/C17H24N2OS/c1-11-15-5-7-21-16(15)4-6-19(11)17(20)10-12-8-13-2-3-14(9-12)18-13/h5,7,11-14,18H,2-4,6,8-10H2,1H3. The number of hydrogen-bond donors (Lipinski definition) is 1. The minimum Gasteiger partial charge on any atom is -0.336 e. The van der Waals surface area contributed by atoms with E-state index in [1.54, 1.807) is 0 Å². The monoisotopic (exact) mass is 304 g/mol. The van der Waals surface area contributed by atoms with Gasteiger partial charge >= 0.3 is 0 Å². The highest BCUT2D eigenvalue weighted by Crippen LogP contribution is 2.36. The molecule has 3 atom stereocenters. The van der Waals surface area contributed by atoms with Gasteiger partial charge in [-0.05, 0) is 62.0 Å². The molecular weight excluding hydrogens is 280 g/mol. The van der Waals surface area contributed by atoms with Crippen molar-refractivity contribution in [3.8, 4) is 0 Å². The highest BCUT2D eigenvalue weighted by molar-refractivity contribution is 7.10. The molecule has 4 rings (SSSR count). The molecule has 3 aliphatic heterocycles. The van der Waals surface area contributed by atoms with E-state index < -0.39 is 0 Å². The van der Waals surface area contributed by atoms with Crippen LogP contribution in [-0.2, 0) is 11.2 Å². The van der Waals surface area contributed by atoms with Gasteiger partial charge in [0, 0.05) is 29.9 Å². The summed E-state index contributed by atoms with van der Waals surface area (Å²) in [5.74, 6) is 0.984. The molecule has 0 radical (unpaired) electrons.